The Morgan fingerprint density at radius 3 is 2.37 bits per heavy atom. The molecule has 0 radical (unpaired) electrons. The SMILES string of the molecule is O=C([OH2+])CC(=O)OC[C@H]1O[C@@H](OC2=C(c3ccc(O)c(O)c3)Oc3cc(O)cc(O)c3C2)[C@H](O)[C@@H](O)[C@@H]1O. The number of benzene rings is 2. The Morgan fingerprint density at radius 1 is 0.947 bits per heavy atom. The van der Waals surface area contributed by atoms with E-state index in [4.69, 9.17) is 24.1 Å². The van der Waals surface area contributed by atoms with Gasteiger partial charge in [-0.1, -0.05) is 0 Å². The lowest BCUT2D eigenvalue weighted by molar-refractivity contribution is -0.292. The predicted octanol–water partition coefficient (Wildman–Crippen LogP) is -1.18. The van der Waals surface area contributed by atoms with Crippen molar-refractivity contribution in [3.05, 3.63) is 47.2 Å². The minimum absolute atomic E-state index is 0.0479. The lowest BCUT2D eigenvalue weighted by Crippen LogP contribution is -2.59. The molecule has 0 amide bonds. The second-order valence-electron chi connectivity index (χ2n) is 8.59. The fraction of sp³-hybridized carbons (Fsp3) is 0.333. The zero-order valence-corrected chi connectivity index (χ0v) is 19.5. The van der Waals surface area contributed by atoms with Gasteiger partial charge in [-0.2, -0.15) is 0 Å². The number of allylic oxidation sites excluding steroid dienone is 1. The summed E-state index contributed by atoms with van der Waals surface area (Å²) in [6.45, 7) is -0.645. The molecule has 1 fully saturated rings. The topological polar surface area (TPSA) is 236 Å². The van der Waals surface area contributed by atoms with Gasteiger partial charge in [-0.05, 0) is 18.2 Å². The van der Waals surface area contributed by atoms with Crippen LogP contribution in [-0.2, 0) is 30.2 Å². The van der Waals surface area contributed by atoms with Gasteiger partial charge in [0.2, 0.25) is 12.7 Å². The molecule has 1 saturated heterocycles. The number of aromatic hydroxyl groups is 4. The minimum Gasteiger partial charge on any atom is -0.564 e. The first-order valence-electron chi connectivity index (χ1n) is 11.2. The maximum absolute atomic E-state index is 11.6. The Bertz CT molecular complexity index is 1270. The molecule has 4 rings (SSSR count). The predicted molar refractivity (Wildman–Crippen MR) is 123 cm³/mol. The number of hydrogen-bond donors (Lipinski definition) is 7. The molecule has 0 unspecified atom stereocenters. The second kappa shape index (κ2) is 10.6. The van der Waals surface area contributed by atoms with Crippen molar-refractivity contribution in [2.24, 2.45) is 0 Å². The summed E-state index contributed by atoms with van der Waals surface area (Å²) in [5.74, 6) is -3.91. The fourth-order valence-corrected chi connectivity index (χ4v) is 3.92. The number of fused-ring (bicyclic) bond motifs is 1. The van der Waals surface area contributed by atoms with Crippen LogP contribution in [0.25, 0.3) is 5.76 Å². The van der Waals surface area contributed by atoms with Gasteiger partial charge in [-0.3, -0.25) is 4.79 Å². The molecule has 0 saturated carbocycles. The smallest absolute Gasteiger partial charge is 0.527 e. The third kappa shape index (κ3) is 5.52. The van der Waals surface area contributed by atoms with Crippen molar-refractivity contribution >= 4 is 17.7 Å². The summed E-state index contributed by atoms with van der Waals surface area (Å²) < 4.78 is 22.0. The summed E-state index contributed by atoms with van der Waals surface area (Å²) in [5, 5.41) is 77.8. The van der Waals surface area contributed by atoms with Gasteiger partial charge >= 0.3 is 11.9 Å². The molecule has 14 heteroatoms. The molecule has 2 aromatic rings. The molecular weight excluding hydrogens is 512 g/mol. The molecule has 0 spiro atoms. The number of esters is 1. The zero-order chi connectivity index (χ0) is 27.7. The van der Waals surface area contributed by atoms with E-state index in [0.29, 0.717) is 0 Å². The standard InChI is InChI=1S/C24H24O14/c25-10-4-13(27)11-6-16(23(36-15(11)5-10)9-1-2-12(26)14(28)3-9)37-24-22(34)21(33)20(32)17(38-24)8-35-19(31)7-18(29)30/h1-5,17,20-22,24-28,32-34H,6-8H2,(H,29,30)/p+1/t17-,20-,21+,22-,24-/m1/s1. The Morgan fingerprint density at radius 2 is 1.68 bits per heavy atom. The van der Waals surface area contributed by atoms with Crippen LogP contribution in [0.15, 0.2) is 36.1 Å². The average molecular weight is 537 g/mol. The Hall–Kier alpha value is -4.24. The van der Waals surface area contributed by atoms with E-state index in [2.05, 4.69) is 0 Å². The molecule has 2 aromatic carbocycles. The summed E-state index contributed by atoms with van der Waals surface area (Å²) in [6, 6.07) is 5.98. The molecule has 14 nitrogen and oxygen atoms in total. The van der Waals surface area contributed by atoms with Crippen molar-refractivity contribution in [1.82, 2.24) is 0 Å². The highest BCUT2D eigenvalue weighted by molar-refractivity contribution is 5.90. The summed E-state index contributed by atoms with van der Waals surface area (Å²) >= 11 is 0. The van der Waals surface area contributed by atoms with Gasteiger partial charge in [0.05, 0.1) is 0 Å². The highest BCUT2D eigenvalue weighted by Gasteiger charge is 2.46. The van der Waals surface area contributed by atoms with Crippen molar-refractivity contribution in [3.63, 3.8) is 0 Å². The van der Waals surface area contributed by atoms with E-state index in [1.54, 1.807) is 0 Å². The quantitative estimate of drug-likeness (QED) is 0.0954. The van der Waals surface area contributed by atoms with Crippen LogP contribution in [0.4, 0.5) is 0 Å². The van der Waals surface area contributed by atoms with E-state index in [1.165, 1.54) is 18.2 Å². The maximum atomic E-state index is 11.6. The van der Waals surface area contributed by atoms with Crippen LogP contribution in [0, 0.1) is 0 Å². The van der Waals surface area contributed by atoms with Crippen molar-refractivity contribution in [1.29, 1.82) is 0 Å². The third-order valence-corrected chi connectivity index (χ3v) is 5.85. The van der Waals surface area contributed by atoms with Crippen LogP contribution in [-0.4, -0.2) is 90.1 Å². The molecule has 0 bridgehead atoms. The van der Waals surface area contributed by atoms with Crippen molar-refractivity contribution in [2.75, 3.05) is 6.61 Å². The lowest BCUT2D eigenvalue weighted by Gasteiger charge is -2.40. The Labute approximate surface area is 213 Å². The van der Waals surface area contributed by atoms with Gasteiger partial charge in [0.15, 0.2) is 17.3 Å². The number of carbonyl (C=O) groups is 2. The van der Waals surface area contributed by atoms with Crippen LogP contribution < -0.4 is 4.74 Å². The number of aliphatic hydroxyl groups excluding tert-OH is 3. The maximum Gasteiger partial charge on any atom is 0.527 e. The Balaban J connectivity index is 1.64. The van der Waals surface area contributed by atoms with Gasteiger partial charge in [-0.25, -0.2) is 0 Å². The molecule has 2 aliphatic rings. The number of rotatable bonds is 7. The first kappa shape index (κ1) is 26.8. The number of carbonyl (C=O) groups excluding carboxylic acids is 2. The van der Waals surface area contributed by atoms with E-state index >= 15 is 0 Å². The van der Waals surface area contributed by atoms with Crippen LogP contribution in [0.5, 0.6) is 28.7 Å². The molecule has 5 atom stereocenters. The van der Waals surface area contributed by atoms with Crippen LogP contribution >= 0.6 is 0 Å². The van der Waals surface area contributed by atoms with Gasteiger partial charge in [-0.15, -0.1) is 0 Å². The molecule has 2 aliphatic heterocycles. The van der Waals surface area contributed by atoms with Gasteiger partial charge in [0, 0.05) is 34.5 Å². The fourth-order valence-electron chi connectivity index (χ4n) is 3.92. The number of ether oxygens (including phenoxy) is 4. The van der Waals surface area contributed by atoms with E-state index in [0.717, 1.165) is 12.1 Å². The monoisotopic (exact) mass is 537 g/mol. The summed E-state index contributed by atoms with van der Waals surface area (Å²) in [7, 11) is 0. The molecule has 204 valence electrons. The van der Waals surface area contributed by atoms with Gasteiger partial charge < -0.3 is 59.8 Å². The molecule has 0 aliphatic carbocycles. The number of phenols is 4. The Kier molecular flexibility index (Phi) is 7.50. The number of hydrogen-bond acceptors (Lipinski definition) is 13. The second-order valence-corrected chi connectivity index (χ2v) is 8.59. The van der Waals surface area contributed by atoms with Gasteiger partial charge in [0.1, 0.15) is 54.0 Å². The zero-order valence-electron chi connectivity index (χ0n) is 19.5. The molecule has 0 aromatic heterocycles. The summed E-state index contributed by atoms with van der Waals surface area (Å²) in [6.07, 6.45) is -9.46. The van der Waals surface area contributed by atoms with Crippen LogP contribution in [0.3, 0.4) is 0 Å². The van der Waals surface area contributed by atoms with Crippen LogP contribution in [0.2, 0.25) is 0 Å². The van der Waals surface area contributed by atoms with Crippen molar-refractivity contribution in [3.8, 4) is 28.7 Å². The number of aliphatic hydroxyl groups is 3. The van der Waals surface area contributed by atoms with E-state index in [-0.39, 0.29) is 46.3 Å². The van der Waals surface area contributed by atoms with Crippen LogP contribution in [0.1, 0.15) is 17.5 Å². The highest BCUT2D eigenvalue weighted by Crippen LogP contribution is 2.43. The summed E-state index contributed by atoms with van der Waals surface area (Å²) in [5.41, 5.74) is 0.362. The summed E-state index contributed by atoms with van der Waals surface area (Å²) in [4.78, 5) is 22.4. The first-order valence-corrected chi connectivity index (χ1v) is 11.2. The lowest BCUT2D eigenvalue weighted by atomic mass is 9.98. The minimum atomic E-state index is -1.82. The largest absolute Gasteiger partial charge is 0.564 e. The number of phenolic OH excluding ortho intramolecular Hbond substituents is 4. The highest BCUT2D eigenvalue weighted by atomic mass is 16.7. The molecule has 38 heavy (non-hydrogen) atoms. The first-order chi connectivity index (χ1) is 17.9. The molecule has 9 N–H and O–H groups in total. The average Bonchev–Trinajstić information content (AvgIpc) is 2.84. The van der Waals surface area contributed by atoms with Crippen molar-refractivity contribution in [2.45, 2.75) is 43.5 Å². The molecular formula is C24H25O14+. The van der Waals surface area contributed by atoms with Crippen molar-refractivity contribution < 1.29 is 69.4 Å². The van der Waals surface area contributed by atoms with Gasteiger partial charge in [0.25, 0.3) is 0 Å². The normalized spacial score (nSPS) is 24.8. The van der Waals surface area contributed by atoms with E-state index < -0.39 is 67.2 Å². The molecule has 2 heterocycles. The van der Waals surface area contributed by atoms with E-state index in [9.17, 15) is 45.3 Å². The third-order valence-electron chi connectivity index (χ3n) is 5.85. The van der Waals surface area contributed by atoms with E-state index in [1.807, 2.05) is 0 Å².